The van der Waals surface area contributed by atoms with Crippen molar-refractivity contribution >= 4 is 27.3 Å². The Balaban J connectivity index is 2.08. The third kappa shape index (κ3) is 3.74. The molecule has 0 atom stereocenters. The van der Waals surface area contributed by atoms with E-state index in [9.17, 15) is 13.2 Å². The summed E-state index contributed by atoms with van der Waals surface area (Å²) in [5.41, 5.74) is 1.05. The first-order valence-corrected chi connectivity index (χ1v) is 7.22. The molecule has 0 bridgehead atoms. The Morgan fingerprint density at radius 2 is 1.94 bits per heavy atom. The summed E-state index contributed by atoms with van der Waals surface area (Å²) in [5, 5.41) is 2.76. The third-order valence-electron chi connectivity index (χ3n) is 2.38. The number of sulfonamides is 1. The van der Waals surface area contributed by atoms with Crippen molar-refractivity contribution in [1.29, 1.82) is 0 Å². The van der Waals surface area contributed by atoms with Gasteiger partial charge in [-0.1, -0.05) is 6.07 Å². The van der Waals surface area contributed by atoms with Crippen LogP contribution in [0.15, 0.2) is 24.3 Å². The van der Waals surface area contributed by atoms with Gasteiger partial charge in [0.1, 0.15) is 0 Å². The van der Waals surface area contributed by atoms with E-state index in [0.29, 0.717) is 11.4 Å². The SMILES string of the molecule is CS(=O)(=O)Nc1cccc(NC(=O)C2CC2)c1. The molecule has 0 spiro atoms. The highest BCUT2D eigenvalue weighted by molar-refractivity contribution is 7.92. The molecule has 2 rings (SSSR count). The first-order chi connectivity index (χ1) is 7.94. The Morgan fingerprint density at radius 1 is 1.29 bits per heavy atom. The molecule has 0 aromatic heterocycles. The lowest BCUT2D eigenvalue weighted by Crippen LogP contribution is -2.14. The molecule has 0 aliphatic heterocycles. The van der Waals surface area contributed by atoms with E-state index in [1.54, 1.807) is 24.3 Å². The lowest BCUT2D eigenvalue weighted by Gasteiger charge is -2.07. The van der Waals surface area contributed by atoms with Gasteiger partial charge in [-0.25, -0.2) is 8.42 Å². The van der Waals surface area contributed by atoms with Crippen molar-refractivity contribution in [2.24, 2.45) is 5.92 Å². The molecule has 1 aliphatic carbocycles. The summed E-state index contributed by atoms with van der Waals surface area (Å²) in [7, 11) is -3.29. The Bertz CT molecular complexity index is 535. The van der Waals surface area contributed by atoms with Crippen molar-refractivity contribution in [3.63, 3.8) is 0 Å². The standard InChI is InChI=1S/C11H14N2O3S/c1-17(15,16)13-10-4-2-3-9(7-10)12-11(14)8-5-6-8/h2-4,7-8,13H,5-6H2,1H3,(H,12,14). The monoisotopic (exact) mass is 254 g/mol. The van der Waals surface area contributed by atoms with E-state index >= 15 is 0 Å². The van der Waals surface area contributed by atoms with Gasteiger partial charge in [-0.05, 0) is 31.0 Å². The van der Waals surface area contributed by atoms with Crippen molar-refractivity contribution < 1.29 is 13.2 Å². The quantitative estimate of drug-likeness (QED) is 0.853. The maximum absolute atomic E-state index is 11.5. The largest absolute Gasteiger partial charge is 0.326 e. The number of rotatable bonds is 4. The van der Waals surface area contributed by atoms with Gasteiger partial charge in [-0.3, -0.25) is 9.52 Å². The number of amides is 1. The van der Waals surface area contributed by atoms with Crippen LogP contribution in [-0.2, 0) is 14.8 Å². The van der Waals surface area contributed by atoms with Crippen LogP contribution in [0, 0.1) is 5.92 Å². The Hall–Kier alpha value is -1.56. The van der Waals surface area contributed by atoms with E-state index in [-0.39, 0.29) is 11.8 Å². The number of hydrogen-bond acceptors (Lipinski definition) is 3. The lowest BCUT2D eigenvalue weighted by atomic mass is 10.2. The summed E-state index contributed by atoms with van der Waals surface area (Å²) >= 11 is 0. The molecule has 1 aliphatic rings. The Kier molecular flexibility index (Phi) is 3.06. The van der Waals surface area contributed by atoms with Crippen LogP contribution in [0.3, 0.4) is 0 Å². The first-order valence-electron chi connectivity index (χ1n) is 5.33. The lowest BCUT2D eigenvalue weighted by molar-refractivity contribution is -0.117. The minimum Gasteiger partial charge on any atom is -0.326 e. The predicted octanol–water partition coefficient (Wildman–Crippen LogP) is 1.41. The fourth-order valence-corrected chi connectivity index (χ4v) is 2.02. The molecule has 1 amide bonds. The fraction of sp³-hybridized carbons (Fsp3) is 0.364. The van der Waals surface area contributed by atoms with Gasteiger partial charge in [0.05, 0.1) is 11.9 Å². The van der Waals surface area contributed by atoms with E-state index in [0.717, 1.165) is 19.1 Å². The molecule has 0 radical (unpaired) electrons. The van der Waals surface area contributed by atoms with Crippen molar-refractivity contribution in [2.75, 3.05) is 16.3 Å². The average molecular weight is 254 g/mol. The fourth-order valence-electron chi connectivity index (χ4n) is 1.46. The zero-order valence-electron chi connectivity index (χ0n) is 9.43. The number of anilines is 2. The highest BCUT2D eigenvalue weighted by Gasteiger charge is 2.29. The molecule has 5 nitrogen and oxygen atoms in total. The number of carbonyl (C=O) groups is 1. The highest BCUT2D eigenvalue weighted by atomic mass is 32.2. The van der Waals surface area contributed by atoms with Gasteiger partial charge < -0.3 is 5.32 Å². The molecule has 1 fully saturated rings. The van der Waals surface area contributed by atoms with E-state index in [4.69, 9.17) is 0 Å². The molecule has 0 saturated heterocycles. The Labute approximate surface area is 100 Å². The summed E-state index contributed by atoms with van der Waals surface area (Å²) < 4.78 is 24.5. The topological polar surface area (TPSA) is 75.3 Å². The van der Waals surface area contributed by atoms with Gasteiger partial charge in [0.15, 0.2) is 0 Å². The van der Waals surface area contributed by atoms with Crippen LogP contribution in [0.2, 0.25) is 0 Å². The highest BCUT2D eigenvalue weighted by Crippen LogP contribution is 2.30. The van der Waals surface area contributed by atoms with Crippen LogP contribution in [0.25, 0.3) is 0 Å². The normalized spacial score (nSPS) is 15.4. The van der Waals surface area contributed by atoms with Crippen molar-refractivity contribution in [1.82, 2.24) is 0 Å². The number of carbonyl (C=O) groups excluding carboxylic acids is 1. The molecule has 2 N–H and O–H groups in total. The molecular formula is C11H14N2O3S. The summed E-state index contributed by atoms with van der Waals surface area (Å²) in [4.78, 5) is 11.5. The number of benzene rings is 1. The molecule has 1 saturated carbocycles. The van der Waals surface area contributed by atoms with E-state index in [2.05, 4.69) is 10.0 Å². The molecule has 6 heteroatoms. The van der Waals surface area contributed by atoms with Crippen LogP contribution in [0.4, 0.5) is 11.4 Å². The third-order valence-corrected chi connectivity index (χ3v) is 2.99. The van der Waals surface area contributed by atoms with Crippen LogP contribution < -0.4 is 10.0 Å². The van der Waals surface area contributed by atoms with Gasteiger partial charge >= 0.3 is 0 Å². The van der Waals surface area contributed by atoms with Gasteiger partial charge in [0.2, 0.25) is 15.9 Å². The second kappa shape index (κ2) is 4.37. The van der Waals surface area contributed by atoms with Crippen molar-refractivity contribution in [2.45, 2.75) is 12.8 Å². The molecular weight excluding hydrogens is 240 g/mol. The minimum atomic E-state index is -3.29. The van der Waals surface area contributed by atoms with Gasteiger partial charge in [-0.2, -0.15) is 0 Å². The summed E-state index contributed by atoms with van der Waals surface area (Å²) in [6.45, 7) is 0. The zero-order chi connectivity index (χ0) is 12.5. The Morgan fingerprint density at radius 3 is 2.53 bits per heavy atom. The molecule has 92 valence electrons. The minimum absolute atomic E-state index is 0.00139. The van der Waals surface area contributed by atoms with E-state index in [1.807, 2.05) is 0 Å². The number of nitrogens with one attached hydrogen (secondary N) is 2. The molecule has 17 heavy (non-hydrogen) atoms. The van der Waals surface area contributed by atoms with Crippen LogP contribution in [0.1, 0.15) is 12.8 Å². The molecule has 1 aromatic rings. The van der Waals surface area contributed by atoms with Crippen LogP contribution in [0.5, 0.6) is 0 Å². The van der Waals surface area contributed by atoms with Crippen LogP contribution >= 0.6 is 0 Å². The summed E-state index contributed by atoms with van der Waals surface area (Å²) in [5.74, 6) is 0.128. The van der Waals surface area contributed by atoms with Gasteiger partial charge in [0.25, 0.3) is 0 Å². The smallest absolute Gasteiger partial charge is 0.229 e. The first kappa shape index (κ1) is 11.9. The molecule has 0 heterocycles. The zero-order valence-corrected chi connectivity index (χ0v) is 10.3. The average Bonchev–Trinajstić information content (AvgIpc) is 2.97. The van der Waals surface area contributed by atoms with Crippen molar-refractivity contribution in [3.05, 3.63) is 24.3 Å². The number of hydrogen-bond donors (Lipinski definition) is 2. The predicted molar refractivity (Wildman–Crippen MR) is 66.3 cm³/mol. The summed E-state index contributed by atoms with van der Waals surface area (Å²) in [6, 6.07) is 6.65. The second-order valence-corrected chi connectivity index (χ2v) is 5.97. The maximum atomic E-state index is 11.5. The van der Waals surface area contributed by atoms with Crippen molar-refractivity contribution in [3.8, 4) is 0 Å². The maximum Gasteiger partial charge on any atom is 0.229 e. The van der Waals surface area contributed by atoms with E-state index < -0.39 is 10.0 Å². The summed E-state index contributed by atoms with van der Waals surface area (Å²) in [6.07, 6.45) is 2.96. The molecule has 0 unspecified atom stereocenters. The van der Waals surface area contributed by atoms with Gasteiger partial charge in [0, 0.05) is 11.6 Å². The van der Waals surface area contributed by atoms with E-state index in [1.165, 1.54) is 0 Å². The molecule has 1 aromatic carbocycles. The van der Waals surface area contributed by atoms with Gasteiger partial charge in [-0.15, -0.1) is 0 Å². The second-order valence-electron chi connectivity index (χ2n) is 4.22. The van der Waals surface area contributed by atoms with Crippen LogP contribution in [-0.4, -0.2) is 20.6 Å².